The van der Waals surface area contributed by atoms with Crippen molar-refractivity contribution in [2.75, 3.05) is 19.8 Å². The lowest BCUT2D eigenvalue weighted by molar-refractivity contribution is 0.143. The Bertz CT molecular complexity index is 157. The number of hydrogen-bond donors (Lipinski definition) is 2. The summed E-state index contributed by atoms with van der Waals surface area (Å²) in [5.41, 5.74) is 0. The Labute approximate surface area is 79.5 Å². The quantitative estimate of drug-likeness (QED) is 0.674. The van der Waals surface area contributed by atoms with Crippen molar-refractivity contribution in [3.8, 4) is 0 Å². The van der Waals surface area contributed by atoms with Gasteiger partial charge in [-0.3, -0.25) is 0 Å². The van der Waals surface area contributed by atoms with Gasteiger partial charge in [0.25, 0.3) is 0 Å². The number of hydrogen-bond acceptors (Lipinski definition) is 3. The third-order valence-electron chi connectivity index (χ3n) is 3.17. The van der Waals surface area contributed by atoms with E-state index in [1.807, 2.05) is 0 Å². The Morgan fingerprint density at radius 3 is 2.85 bits per heavy atom. The topological polar surface area (TPSA) is 41.5 Å². The molecule has 3 heteroatoms. The molecule has 1 aliphatic carbocycles. The molecule has 0 amide bonds. The van der Waals surface area contributed by atoms with Gasteiger partial charge in [0.05, 0.1) is 12.7 Å². The van der Waals surface area contributed by atoms with Crippen LogP contribution in [0.1, 0.15) is 25.7 Å². The molecule has 1 saturated carbocycles. The van der Waals surface area contributed by atoms with Gasteiger partial charge in [0.2, 0.25) is 0 Å². The molecular formula is C10H19NO2. The van der Waals surface area contributed by atoms with E-state index in [9.17, 15) is 5.11 Å². The smallest absolute Gasteiger partial charge is 0.0693 e. The molecule has 3 atom stereocenters. The number of nitrogens with one attached hydrogen (secondary N) is 1. The zero-order chi connectivity index (χ0) is 9.10. The molecule has 2 N–H and O–H groups in total. The fourth-order valence-electron chi connectivity index (χ4n) is 2.24. The maximum Gasteiger partial charge on any atom is 0.0693 e. The van der Waals surface area contributed by atoms with Crippen LogP contribution in [0.2, 0.25) is 0 Å². The van der Waals surface area contributed by atoms with Crippen molar-refractivity contribution in [2.24, 2.45) is 5.92 Å². The summed E-state index contributed by atoms with van der Waals surface area (Å²) in [6.45, 7) is 2.83. The van der Waals surface area contributed by atoms with Crippen LogP contribution < -0.4 is 5.32 Å². The molecular weight excluding hydrogens is 166 g/mol. The maximum absolute atomic E-state index is 9.57. The molecule has 0 bridgehead atoms. The lowest BCUT2D eigenvalue weighted by Gasteiger charge is -2.18. The highest BCUT2D eigenvalue weighted by molar-refractivity contribution is 4.83. The molecule has 13 heavy (non-hydrogen) atoms. The summed E-state index contributed by atoms with van der Waals surface area (Å²) in [6.07, 6.45) is 4.34. The van der Waals surface area contributed by atoms with E-state index < -0.39 is 0 Å². The van der Waals surface area contributed by atoms with Gasteiger partial charge >= 0.3 is 0 Å². The van der Waals surface area contributed by atoms with Crippen molar-refractivity contribution in [1.29, 1.82) is 0 Å². The molecule has 0 aromatic rings. The minimum Gasteiger partial charge on any atom is -0.392 e. The molecule has 0 spiro atoms. The summed E-state index contributed by atoms with van der Waals surface area (Å²) in [6, 6.07) is 0.348. The van der Waals surface area contributed by atoms with Crippen LogP contribution in [0.15, 0.2) is 0 Å². The second-order valence-electron chi connectivity index (χ2n) is 4.24. The summed E-state index contributed by atoms with van der Waals surface area (Å²) in [7, 11) is 0. The van der Waals surface area contributed by atoms with Crippen LogP contribution in [0, 0.1) is 5.92 Å². The first-order chi connectivity index (χ1) is 6.36. The van der Waals surface area contributed by atoms with Crippen LogP contribution in [0.25, 0.3) is 0 Å². The molecule has 76 valence electrons. The minimum atomic E-state index is -0.109. The van der Waals surface area contributed by atoms with E-state index in [1.165, 1.54) is 12.8 Å². The van der Waals surface area contributed by atoms with Crippen molar-refractivity contribution in [2.45, 2.75) is 37.8 Å². The molecule has 2 aliphatic rings. The summed E-state index contributed by atoms with van der Waals surface area (Å²) in [5, 5.41) is 13.0. The van der Waals surface area contributed by atoms with Crippen molar-refractivity contribution in [3.05, 3.63) is 0 Å². The Hall–Kier alpha value is -0.120. The van der Waals surface area contributed by atoms with Gasteiger partial charge in [0.1, 0.15) is 0 Å². The number of ether oxygens (including phenoxy) is 1. The van der Waals surface area contributed by atoms with Crippen molar-refractivity contribution >= 4 is 0 Å². The lowest BCUT2D eigenvalue weighted by Crippen LogP contribution is -2.38. The minimum absolute atomic E-state index is 0.109. The van der Waals surface area contributed by atoms with Gasteiger partial charge in [-0.05, 0) is 31.6 Å². The highest BCUT2D eigenvalue weighted by atomic mass is 16.5. The molecule has 3 nitrogen and oxygen atoms in total. The third kappa shape index (κ3) is 2.42. The van der Waals surface area contributed by atoms with Gasteiger partial charge < -0.3 is 15.2 Å². The number of rotatable bonds is 3. The zero-order valence-electron chi connectivity index (χ0n) is 8.04. The van der Waals surface area contributed by atoms with Crippen molar-refractivity contribution in [1.82, 2.24) is 5.32 Å². The van der Waals surface area contributed by atoms with Gasteiger partial charge in [0, 0.05) is 19.2 Å². The normalized spacial score (nSPS) is 39.9. The fourth-order valence-corrected chi connectivity index (χ4v) is 2.24. The van der Waals surface area contributed by atoms with Gasteiger partial charge in [0.15, 0.2) is 0 Å². The first kappa shape index (κ1) is 9.44. The lowest BCUT2D eigenvalue weighted by atomic mass is 10.1. The fraction of sp³-hybridized carbons (Fsp3) is 1.00. The molecule has 1 saturated heterocycles. The van der Waals surface area contributed by atoms with Crippen LogP contribution in [0.5, 0.6) is 0 Å². The van der Waals surface area contributed by atoms with E-state index in [0.29, 0.717) is 12.0 Å². The van der Waals surface area contributed by atoms with E-state index in [-0.39, 0.29) is 6.10 Å². The predicted octanol–water partition coefficient (Wildman–Crippen LogP) is 0.526. The van der Waals surface area contributed by atoms with Crippen molar-refractivity contribution < 1.29 is 9.84 Å². The highest BCUT2D eigenvalue weighted by Gasteiger charge is 2.26. The van der Waals surface area contributed by atoms with Gasteiger partial charge in [-0.15, -0.1) is 0 Å². The van der Waals surface area contributed by atoms with E-state index in [2.05, 4.69) is 5.32 Å². The van der Waals surface area contributed by atoms with E-state index >= 15 is 0 Å². The van der Waals surface area contributed by atoms with Crippen LogP contribution >= 0.6 is 0 Å². The van der Waals surface area contributed by atoms with Gasteiger partial charge in [-0.1, -0.05) is 0 Å². The number of aliphatic hydroxyl groups excluding tert-OH is 1. The molecule has 2 rings (SSSR count). The first-order valence-corrected chi connectivity index (χ1v) is 5.35. The average Bonchev–Trinajstić information content (AvgIpc) is 2.72. The number of aliphatic hydroxyl groups is 1. The Balaban J connectivity index is 1.66. The largest absolute Gasteiger partial charge is 0.392 e. The van der Waals surface area contributed by atoms with E-state index in [0.717, 1.165) is 32.6 Å². The monoisotopic (exact) mass is 185 g/mol. The molecule has 1 unspecified atom stereocenters. The maximum atomic E-state index is 9.57. The third-order valence-corrected chi connectivity index (χ3v) is 3.17. The van der Waals surface area contributed by atoms with E-state index in [1.54, 1.807) is 0 Å². The molecule has 2 fully saturated rings. The summed E-state index contributed by atoms with van der Waals surface area (Å²) in [5.74, 6) is 0.674. The molecule has 1 aliphatic heterocycles. The standard InChI is InChI=1S/C10H19NO2/c12-10-3-1-2-9(10)11-6-8-4-5-13-7-8/h8-12H,1-7H2/t8?,9-,10-/m0/s1. The first-order valence-electron chi connectivity index (χ1n) is 5.35. The molecule has 0 radical (unpaired) electrons. The SMILES string of the molecule is O[C@H]1CCC[C@@H]1NCC1CCOC1. The van der Waals surface area contributed by atoms with E-state index in [4.69, 9.17) is 4.74 Å². The van der Waals surface area contributed by atoms with Crippen LogP contribution in [0.3, 0.4) is 0 Å². The second-order valence-corrected chi connectivity index (χ2v) is 4.24. The van der Waals surface area contributed by atoms with Gasteiger partial charge in [-0.2, -0.15) is 0 Å². The van der Waals surface area contributed by atoms with Crippen LogP contribution in [-0.2, 0) is 4.74 Å². The zero-order valence-corrected chi connectivity index (χ0v) is 8.04. The average molecular weight is 185 g/mol. The Kier molecular flexibility index (Phi) is 3.19. The van der Waals surface area contributed by atoms with Crippen LogP contribution in [0.4, 0.5) is 0 Å². The second kappa shape index (κ2) is 4.40. The Morgan fingerprint density at radius 2 is 2.23 bits per heavy atom. The summed E-state index contributed by atoms with van der Waals surface area (Å²) in [4.78, 5) is 0. The highest BCUT2D eigenvalue weighted by Crippen LogP contribution is 2.19. The molecule has 0 aromatic carbocycles. The van der Waals surface area contributed by atoms with Crippen LogP contribution in [-0.4, -0.2) is 37.0 Å². The van der Waals surface area contributed by atoms with Crippen molar-refractivity contribution in [3.63, 3.8) is 0 Å². The molecule has 1 heterocycles. The summed E-state index contributed by atoms with van der Waals surface area (Å²) >= 11 is 0. The predicted molar refractivity (Wildman–Crippen MR) is 50.6 cm³/mol. The van der Waals surface area contributed by atoms with Gasteiger partial charge in [-0.25, -0.2) is 0 Å². The Morgan fingerprint density at radius 1 is 1.31 bits per heavy atom. The summed E-state index contributed by atoms with van der Waals surface area (Å²) < 4.78 is 5.30. The molecule has 0 aromatic heterocycles.